The molecule has 1 fully saturated rings. The molecule has 4 amide bonds. The number of hydrogen-bond donors (Lipinski definition) is 1. The van der Waals surface area contributed by atoms with Crippen LogP contribution in [0, 0.1) is 17.0 Å². The summed E-state index contributed by atoms with van der Waals surface area (Å²) in [5.74, 6) is -1.57. The molecule has 1 saturated heterocycles. The van der Waals surface area contributed by atoms with E-state index in [1.807, 2.05) is 0 Å². The number of hydrogen-bond acceptors (Lipinski definition) is 5. The van der Waals surface area contributed by atoms with Gasteiger partial charge in [0.25, 0.3) is 17.5 Å². The first kappa shape index (κ1) is 19.8. The molecule has 0 radical (unpaired) electrons. The smallest absolute Gasteiger partial charge is 0.317 e. The summed E-state index contributed by atoms with van der Waals surface area (Å²) in [7, 11) is 0. The van der Waals surface area contributed by atoms with E-state index in [1.165, 1.54) is 18.2 Å². The van der Waals surface area contributed by atoms with E-state index >= 15 is 0 Å². The maximum Gasteiger partial charge on any atom is 0.335 e. The van der Waals surface area contributed by atoms with Crippen LogP contribution < -0.4 is 10.2 Å². The number of non-ortho nitro benzene ring substituents is 1. The lowest BCUT2D eigenvalue weighted by molar-refractivity contribution is -0.384. The molecule has 9 heteroatoms. The molecule has 1 aromatic heterocycles. The van der Waals surface area contributed by atoms with Gasteiger partial charge in [0.15, 0.2) is 0 Å². The van der Waals surface area contributed by atoms with Crippen LogP contribution in [0.15, 0.2) is 72.4 Å². The highest BCUT2D eigenvalue weighted by Gasteiger charge is 2.37. The summed E-state index contributed by atoms with van der Waals surface area (Å²) in [6, 6.07) is 15.3. The van der Waals surface area contributed by atoms with Crippen LogP contribution in [0.4, 0.5) is 16.2 Å². The molecular weight excluding hydrogens is 400 g/mol. The van der Waals surface area contributed by atoms with Crippen molar-refractivity contribution in [1.82, 2.24) is 9.88 Å². The van der Waals surface area contributed by atoms with Crippen molar-refractivity contribution < 1.29 is 19.3 Å². The Morgan fingerprint density at radius 3 is 2.52 bits per heavy atom. The fourth-order valence-electron chi connectivity index (χ4n) is 3.34. The van der Waals surface area contributed by atoms with Crippen LogP contribution in [0.5, 0.6) is 0 Å². The Balaban J connectivity index is 1.77. The molecule has 0 spiro atoms. The molecule has 2 aromatic carbocycles. The fraction of sp³-hybridized carbons (Fsp3) is 0.0455. The van der Waals surface area contributed by atoms with Crippen LogP contribution in [0.25, 0.3) is 11.8 Å². The molecular formula is C22H16N4O5. The van der Waals surface area contributed by atoms with E-state index in [0.29, 0.717) is 22.6 Å². The minimum atomic E-state index is -0.824. The summed E-state index contributed by atoms with van der Waals surface area (Å²) >= 11 is 0. The number of nitro groups is 1. The van der Waals surface area contributed by atoms with Gasteiger partial charge < -0.3 is 4.57 Å². The van der Waals surface area contributed by atoms with E-state index in [4.69, 9.17) is 0 Å². The van der Waals surface area contributed by atoms with Gasteiger partial charge in [-0.1, -0.05) is 24.3 Å². The van der Waals surface area contributed by atoms with Gasteiger partial charge in [-0.05, 0) is 42.8 Å². The third kappa shape index (κ3) is 3.60. The lowest BCUT2D eigenvalue weighted by Crippen LogP contribution is -2.54. The molecule has 9 nitrogen and oxygen atoms in total. The number of amides is 4. The van der Waals surface area contributed by atoms with E-state index < -0.39 is 22.8 Å². The average molecular weight is 416 g/mol. The Bertz CT molecular complexity index is 1270. The molecule has 0 bridgehead atoms. The highest BCUT2D eigenvalue weighted by Crippen LogP contribution is 2.26. The van der Waals surface area contributed by atoms with Crippen LogP contribution in [-0.4, -0.2) is 27.3 Å². The quantitative estimate of drug-likeness (QED) is 0.303. The standard InChI is InChI=1S/C22H16N4O5/c1-14-6-2-3-10-19(14)25-21(28)18(20(27)23-22(25)29)13-16-9-5-11-24(16)15-7-4-8-17(12-15)26(30)31/h2-13H,1H3,(H,23,27,29). The van der Waals surface area contributed by atoms with Crippen LogP contribution in [-0.2, 0) is 9.59 Å². The zero-order chi connectivity index (χ0) is 22.1. The lowest BCUT2D eigenvalue weighted by Gasteiger charge is -2.27. The first-order valence-electron chi connectivity index (χ1n) is 9.26. The summed E-state index contributed by atoms with van der Waals surface area (Å²) in [6.45, 7) is 1.75. The molecule has 0 aliphatic carbocycles. The number of aromatic nitrogens is 1. The number of para-hydroxylation sites is 1. The predicted molar refractivity (Wildman–Crippen MR) is 113 cm³/mol. The zero-order valence-corrected chi connectivity index (χ0v) is 16.3. The molecule has 1 N–H and O–H groups in total. The highest BCUT2D eigenvalue weighted by atomic mass is 16.6. The third-order valence-corrected chi connectivity index (χ3v) is 4.85. The molecule has 0 unspecified atom stereocenters. The Morgan fingerprint density at radius 2 is 1.77 bits per heavy atom. The van der Waals surface area contributed by atoms with E-state index in [1.54, 1.807) is 66.2 Å². The minimum absolute atomic E-state index is 0.0902. The lowest BCUT2D eigenvalue weighted by atomic mass is 10.1. The van der Waals surface area contributed by atoms with Gasteiger partial charge in [-0.3, -0.25) is 25.0 Å². The number of barbiturate groups is 1. The number of nitro benzene ring substituents is 1. The van der Waals surface area contributed by atoms with Gasteiger partial charge in [0.1, 0.15) is 5.57 Å². The van der Waals surface area contributed by atoms with Crippen molar-refractivity contribution in [3.63, 3.8) is 0 Å². The van der Waals surface area contributed by atoms with Crippen molar-refractivity contribution in [2.75, 3.05) is 4.90 Å². The molecule has 1 aliphatic rings. The largest absolute Gasteiger partial charge is 0.335 e. The van der Waals surface area contributed by atoms with Crippen LogP contribution in [0.3, 0.4) is 0 Å². The van der Waals surface area contributed by atoms with E-state index in [9.17, 15) is 24.5 Å². The average Bonchev–Trinajstić information content (AvgIpc) is 3.21. The number of rotatable bonds is 4. The van der Waals surface area contributed by atoms with Gasteiger partial charge in [0.05, 0.1) is 16.3 Å². The van der Waals surface area contributed by atoms with Gasteiger partial charge in [0.2, 0.25) is 0 Å². The first-order chi connectivity index (χ1) is 14.9. The van der Waals surface area contributed by atoms with Gasteiger partial charge in [-0.15, -0.1) is 0 Å². The fourth-order valence-corrected chi connectivity index (χ4v) is 3.34. The third-order valence-electron chi connectivity index (χ3n) is 4.85. The van der Waals surface area contributed by atoms with Crippen molar-refractivity contribution in [2.45, 2.75) is 6.92 Å². The summed E-state index contributed by atoms with van der Waals surface area (Å²) in [5, 5.41) is 13.3. The van der Waals surface area contributed by atoms with Crippen LogP contribution >= 0.6 is 0 Å². The molecule has 3 aromatic rings. The number of nitrogens with one attached hydrogen (secondary N) is 1. The van der Waals surface area contributed by atoms with E-state index in [-0.39, 0.29) is 11.3 Å². The Kier molecular flexibility index (Phi) is 4.92. The number of imide groups is 2. The van der Waals surface area contributed by atoms with E-state index in [0.717, 1.165) is 4.90 Å². The van der Waals surface area contributed by atoms with Crippen LogP contribution in [0.2, 0.25) is 0 Å². The first-order valence-corrected chi connectivity index (χ1v) is 9.26. The molecule has 4 rings (SSSR count). The monoisotopic (exact) mass is 416 g/mol. The summed E-state index contributed by atoms with van der Waals surface area (Å²) in [4.78, 5) is 49.4. The summed E-state index contributed by atoms with van der Waals surface area (Å²) in [6.07, 6.45) is 3.01. The number of benzene rings is 2. The molecule has 154 valence electrons. The Hall–Kier alpha value is -4.53. The maximum atomic E-state index is 13.1. The van der Waals surface area contributed by atoms with E-state index in [2.05, 4.69) is 5.32 Å². The van der Waals surface area contributed by atoms with Crippen molar-refractivity contribution in [2.24, 2.45) is 0 Å². The van der Waals surface area contributed by atoms with Crippen molar-refractivity contribution in [3.8, 4) is 5.69 Å². The zero-order valence-electron chi connectivity index (χ0n) is 16.3. The van der Waals surface area contributed by atoms with Gasteiger partial charge >= 0.3 is 6.03 Å². The van der Waals surface area contributed by atoms with Crippen molar-refractivity contribution in [1.29, 1.82) is 0 Å². The second kappa shape index (κ2) is 7.71. The summed E-state index contributed by atoms with van der Waals surface area (Å²) in [5.41, 5.74) is 1.68. The maximum absolute atomic E-state index is 13.1. The highest BCUT2D eigenvalue weighted by molar-refractivity contribution is 6.39. The number of nitrogens with zero attached hydrogens (tertiary/aromatic N) is 3. The predicted octanol–water partition coefficient (Wildman–Crippen LogP) is 3.36. The Morgan fingerprint density at radius 1 is 1.00 bits per heavy atom. The molecule has 31 heavy (non-hydrogen) atoms. The summed E-state index contributed by atoms with van der Waals surface area (Å²) < 4.78 is 1.61. The number of aryl methyl sites for hydroxylation is 1. The van der Waals surface area contributed by atoms with Gasteiger partial charge in [-0.25, -0.2) is 9.69 Å². The molecule has 0 atom stereocenters. The normalized spacial score (nSPS) is 15.3. The minimum Gasteiger partial charge on any atom is -0.317 e. The molecule has 0 saturated carbocycles. The number of anilines is 1. The van der Waals surface area contributed by atoms with Crippen molar-refractivity contribution in [3.05, 3.63) is 93.8 Å². The van der Waals surface area contributed by atoms with Crippen LogP contribution in [0.1, 0.15) is 11.3 Å². The second-order valence-corrected chi connectivity index (χ2v) is 6.82. The SMILES string of the molecule is Cc1ccccc1N1C(=O)NC(=O)C(=Cc2cccn2-c2cccc([N+](=O)[O-])c2)C1=O. The van der Waals surface area contributed by atoms with Crippen molar-refractivity contribution >= 4 is 35.3 Å². The number of urea groups is 1. The molecule has 2 heterocycles. The molecule has 1 aliphatic heterocycles. The second-order valence-electron chi connectivity index (χ2n) is 6.82. The van der Waals surface area contributed by atoms with Gasteiger partial charge in [0, 0.05) is 24.0 Å². The number of carbonyl (C=O) groups excluding carboxylic acids is 3. The number of carbonyl (C=O) groups is 3. The Labute approximate surface area is 176 Å². The topological polar surface area (TPSA) is 115 Å². The van der Waals surface area contributed by atoms with Gasteiger partial charge in [-0.2, -0.15) is 0 Å².